The van der Waals surface area contributed by atoms with Crippen LogP contribution in [0, 0.1) is 6.92 Å². The molecule has 0 spiro atoms. The minimum atomic E-state index is -0.866. The Morgan fingerprint density at radius 2 is 2.25 bits per heavy atom. The van der Waals surface area contributed by atoms with E-state index in [4.69, 9.17) is 5.11 Å². The van der Waals surface area contributed by atoms with E-state index >= 15 is 0 Å². The molecule has 0 fully saturated rings. The maximum atomic E-state index is 12.0. The van der Waals surface area contributed by atoms with Gasteiger partial charge in [0.25, 0.3) is 5.91 Å². The van der Waals surface area contributed by atoms with E-state index in [1.807, 2.05) is 25.3 Å². The molecular weight excluding hydrogens is 258 g/mol. The van der Waals surface area contributed by atoms with Crippen LogP contribution in [-0.2, 0) is 4.79 Å². The second kappa shape index (κ2) is 5.73. The van der Waals surface area contributed by atoms with Gasteiger partial charge in [-0.05, 0) is 38.0 Å². The summed E-state index contributed by atoms with van der Waals surface area (Å²) in [4.78, 5) is 26.8. The Balaban J connectivity index is 2.05. The van der Waals surface area contributed by atoms with Crippen LogP contribution in [-0.4, -0.2) is 32.4 Å². The van der Waals surface area contributed by atoms with Gasteiger partial charge in [-0.15, -0.1) is 0 Å². The van der Waals surface area contributed by atoms with Gasteiger partial charge in [0.2, 0.25) is 0 Å². The summed E-state index contributed by atoms with van der Waals surface area (Å²) in [6.07, 6.45) is 3.94. The van der Waals surface area contributed by atoms with Gasteiger partial charge in [-0.25, -0.2) is 4.98 Å². The number of carboxylic acid groups (broad SMARTS) is 1. The summed E-state index contributed by atoms with van der Waals surface area (Å²) in [5, 5.41) is 11.4. The molecule has 20 heavy (non-hydrogen) atoms. The summed E-state index contributed by atoms with van der Waals surface area (Å²) in [5.41, 5.74) is 2.12. The number of fused-ring (bicyclic) bond motifs is 1. The summed E-state index contributed by atoms with van der Waals surface area (Å²) in [7, 11) is 0. The van der Waals surface area contributed by atoms with Gasteiger partial charge in [-0.1, -0.05) is 0 Å². The van der Waals surface area contributed by atoms with Crippen molar-refractivity contribution in [2.24, 2.45) is 0 Å². The number of carbonyl (C=O) groups excluding carboxylic acids is 1. The van der Waals surface area contributed by atoms with Crippen molar-refractivity contribution in [1.82, 2.24) is 14.7 Å². The van der Waals surface area contributed by atoms with E-state index in [0.717, 1.165) is 5.56 Å². The molecule has 2 heterocycles. The first-order chi connectivity index (χ1) is 9.45. The molecule has 1 unspecified atom stereocenters. The van der Waals surface area contributed by atoms with E-state index < -0.39 is 5.97 Å². The highest BCUT2D eigenvalue weighted by atomic mass is 16.4. The molecule has 0 saturated heterocycles. The number of nitrogens with one attached hydrogen (secondary N) is 1. The van der Waals surface area contributed by atoms with E-state index in [1.54, 1.807) is 17.5 Å². The highest BCUT2D eigenvalue weighted by molar-refractivity contribution is 5.93. The number of nitrogens with zero attached hydrogens (tertiary/aromatic N) is 2. The first-order valence-electron chi connectivity index (χ1n) is 6.43. The van der Waals surface area contributed by atoms with Crippen molar-refractivity contribution in [1.29, 1.82) is 0 Å². The predicted octanol–water partition coefficient (Wildman–Crippen LogP) is 1.63. The van der Waals surface area contributed by atoms with Crippen molar-refractivity contribution in [2.75, 3.05) is 0 Å². The molecule has 0 bridgehead atoms. The van der Waals surface area contributed by atoms with Crippen molar-refractivity contribution in [3.8, 4) is 0 Å². The third kappa shape index (κ3) is 3.34. The van der Waals surface area contributed by atoms with Gasteiger partial charge >= 0.3 is 5.97 Å². The zero-order valence-corrected chi connectivity index (χ0v) is 11.5. The Bertz CT molecular complexity index is 648. The minimum absolute atomic E-state index is 0.0335. The van der Waals surface area contributed by atoms with Crippen molar-refractivity contribution in [2.45, 2.75) is 32.7 Å². The molecule has 1 amide bonds. The number of rotatable bonds is 5. The maximum Gasteiger partial charge on any atom is 0.303 e. The lowest BCUT2D eigenvalue weighted by molar-refractivity contribution is -0.137. The Labute approximate surface area is 116 Å². The molecular formula is C14H17N3O3. The highest BCUT2D eigenvalue weighted by Gasteiger charge is 2.14. The third-order valence-electron chi connectivity index (χ3n) is 3.02. The molecule has 1 atom stereocenters. The number of imidazole rings is 1. The standard InChI is InChI=1S/C14H17N3O3/c1-9-5-6-17-8-11(16-12(17)7-9)14(20)15-10(2)3-4-13(18)19/h5-8,10H,3-4H2,1-2H3,(H,15,20)(H,18,19). The molecule has 2 aromatic heterocycles. The zero-order valence-electron chi connectivity index (χ0n) is 11.5. The second-order valence-corrected chi connectivity index (χ2v) is 4.90. The summed E-state index contributed by atoms with van der Waals surface area (Å²) in [5.74, 6) is -1.15. The van der Waals surface area contributed by atoms with E-state index in [1.165, 1.54) is 0 Å². The summed E-state index contributed by atoms with van der Waals surface area (Å²) in [6, 6.07) is 3.63. The first kappa shape index (κ1) is 14.0. The van der Waals surface area contributed by atoms with E-state index in [2.05, 4.69) is 10.3 Å². The number of aliphatic carboxylic acids is 1. The van der Waals surface area contributed by atoms with Crippen LogP contribution in [0.15, 0.2) is 24.5 Å². The number of hydrogen-bond acceptors (Lipinski definition) is 3. The number of aromatic nitrogens is 2. The average Bonchev–Trinajstić information content (AvgIpc) is 2.79. The summed E-state index contributed by atoms with van der Waals surface area (Å²) >= 11 is 0. The van der Waals surface area contributed by atoms with Crippen molar-refractivity contribution in [3.63, 3.8) is 0 Å². The lowest BCUT2D eigenvalue weighted by Crippen LogP contribution is -2.33. The molecule has 0 aliphatic heterocycles. The largest absolute Gasteiger partial charge is 0.481 e. The molecule has 6 heteroatoms. The van der Waals surface area contributed by atoms with Crippen LogP contribution in [0.1, 0.15) is 35.8 Å². The Kier molecular flexibility index (Phi) is 4.02. The van der Waals surface area contributed by atoms with Crippen LogP contribution in [0.3, 0.4) is 0 Å². The van der Waals surface area contributed by atoms with Gasteiger partial charge in [0, 0.05) is 24.9 Å². The lowest BCUT2D eigenvalue weighted by atomic mass is 10.2. The summed E-state index contributed by atoms with van der Waals surface area (Å²) in [6.45, 7) is 3.74. The first-order valence-corrected chi connectivity index (χ1v) is 6.43. The number of carboxylic acids is 1. The van der Waals surface area contributed by atoms with Crippen LogP contribution >= 0.6 is 0 Å². The van der Waals surface area contributed by atoms with Crippen LogP contribution in [0.2, 0.25) is 0 Å². The van der Waals surface area contributed by atoms with Gasteiger partial charge in [-0.2, -0.15) is 0 Å². The lowest BCUT2D eigenvalue weighted by Gasteiger charge is -2.11. The molecule has 0 aliphatic carbocycles. The topological polar surface area (TPSA) is 83.7 Å². The molecule has 106 valence electrons. The number of carbonyl (C=O) groups is 2. The molecule has 2 aromatic rings. The number of hydrogen-bond donors (Lipinski definition) is 2. The quantitative estimate of drug-likeness (QED) is 0.868. The fourth-order valence-corrected chi connectivity index (χ4v) is 1.90. The SMILES string of the molecule is Cc1ccn2cc(C(=O)NC(C)CCC(=O)O)nc2c1. The normalized spacial score (nSPS) is 12.3. The fourth-order valence-electron chi connectivity index (χ4n) is 1.90. The minimum Gasteiger partial charge on any atom is -0.481 e. The highest BCUT2D eigenvalue weighted by Crippen LogP contribution is 2.08. The van der Waals surface area contributed by atoms with Gasteiger partial charge in [0.05, 0.1) is 0 Å². The monoisotopic (exact) mass is 275 g/mol. The van der Waals surface area contributed by atoms with Crippen LogP contribution in [0.4, 0.5) is 0 Å². The van der Waals surface area contributed by atoms with Gasteiger partial charge in [-0.3, -0.25) is 9.59 Å². The second-order valence-electron chi connectivity index (χ2n) is 4.90. The average molecular weight is 275 g/mol. The predicted molar refractivity (Wildman–Crippen MR) is 73.7 cm³/mol. The van der Waals surface area contributed by atoms with Gasteiger partial charge < -0.3 is 14.8 Å². The third-order valence-corrected chi connectivity index (χ3v) is 3.02. The number of pyridine rings is 1. The van der Waals surface area contributed by atoms with Crippen molar-refractivity contribution < 1.29 is 14.7 Å². The Morgan fingerprint density at radius 3 is 2.95 bits per heavy atom. The molecule has 2 N–H and O–H groups in total. The molecule has 6 nitrogen and oxygen atoms in total. The van der Waals surface area contributed by atoms with Crippen LogP contribution in [0.25, 0.3) is 5.65 Å². The molecule has 0 aliphatic rings. The number of aryl methyl sites for hydroxylation is 1. The van der Waals surface area contributed by atoms with Gasteiger partial charge in [0.1, 0.15) is 11.3 Å². The maximum absolute atomic E-state index is 12.0. The number of amides is 1. The van der Waals surface area contributed by atoms with Gasteiger partial charge in [0.15, 0.2) is 0 Å². The van der Waals surface area contributed by atoms with Crippen molar-refractivity contribution >= 4 is 17.5 Å². The Hall–Kier alpha value is -2.37. The Morgan fingerprint density at radius 1 is 1.50 bits per heavy atom. The van der Waals surface area contributed by atoms with E-state index in [9.17, 15) is 9.59 Å². The van der Waals surface area contributed by atoms with Crippen molar-refractivity contribution in [3.05, 3.63) is 35.8 Å². The van der Waals surface area contributed by atoms with E-state index in [-0.39, 0.29) is 18.4 Å². The zero-order chi connectivity index (χ0) is 14.7. The summed E-state index contributed by atoms with van der Waals surface area (Å²) < 4.78 is 1.78. The van der Waals surface area contributed by atoms with Crippen LogP contribution < -0.4 is 5.32 Å². The fraction of sp³-hybridized carbons (Fsp3) is 0.357. The van der Waals surface area contributed by atoms with Crippen LogP contribution in [0.5, 0.6) is 0 Å². The molecule has 0 saturated carbocycles. The molecule has 0 aromatic carbocycles. The molecule has 2 rings (SSSR count). The van der Waals surface area contributed by atoms with E-state index in [0.29, 0.717) is 17.8 Å². The smallest absolute Gasteiger partial charge is 0.303 e. The molecule has 0 radical (unpaired) electrons.